The molecule has 7 nitrogen and oxygen atoms in total. The lowest BCUT2D eigenvalue weighted by atomic mass is 10.3. The summed E-state index contributed by atoms with van der Waals surface area (Å²) in [4.78, 5) is 14.4. The van der Waals surface area contributed by atoms with E-state index in [4.69, 9.17) is 34.8 Å². The number of rotatable bonds is 4. The van der Waals surface area contributed by atoms with Crippen molar-refractivity contribution in [1.29, 1.82) is 0 Å². The molecule has 0 N–H and O–H groups in total. The Hall–Kier alpha value is -2.10. The fraction of sp³-hybridized carbons (Fsp3) is 0.200. The van der Waals surface area contributed by atoms with Crippen LogP contribution in [0.1, 0.15) is 10.5 Å². The van der Waals surface area contributed by atoms with Crippen LogP contribution in [0.3, 0.4) is 0 Å². The Kier molecular flexibility index (Phi) is 6.27. The van der Waals surface area contributed by atoms with Crippen LogP contribution in [0.25, 0.3) is 5.69 Å². The summed E-state index contributed by atoms with van der Waals surface area (Å²) in [6.45, 7) is 0.762. The Bertz CT molecular complexity index is 1240. The largest absolute Gasteiger partial charge is 0.335 e. The number of hydrogen-bond acceptors (Lipinski definition) is 4. The Morgan fingerprint density at radius 1 is 0.935 bits per heavy atom. The van der Waals surface area contributed by atoms with E-state index < -0.39 is 10.0 Å². The summed E-state index contributed by atoms with van der Waals surface area (Å²) < 4.78 is 28.8. The average molecular weight is 500 g/mol. The third kappa shape index (κ3) is 4.44. The highest BCUT2D eigenvalue weighted by Crippen LogP contribution is 2.31. The van der Waals surface area contributed by atoms with Gasteiger partial charge in [-0.1, -0.05) is 46.9 Å². The molecule has 2 heterocycles. The molecule has 1 amide bonds. The van der Waals surface area contributed by atoms with Gasteiger partial charge < -0.3 is 4.90 Å². The van der Waals surface area contributed by atoms with Gasteiger partial charge in [0.25, 0.3) is 5.91 Å². The molecule has 1 saturated heterocycles. The molecule has 1 aliphatic rings. The molecule has 0 radical (unpaired) electrons. The molecular weight excluding hydrogens is 483 g/mol. The minimum Gasteiger partial charge on any atom is -0.335 e. The molecule has 4 rings (SSSR count). The molecule has 0 spiro atoms. The van der Waals surface area contributed by atoms with Gasteiger partial charge in [0, 0.05) is 37.4 Å². The maximum atomic E-state index is 12.9. The van der Waals surface area contributed by atoms with Crippen LogP contribution in [0, 0.1) is 0 Å². The summed E-state index contributed by atoms with van der Waals surface area (Å²) in [5.41, 5.74) is 1.01. The molecule has 31 heavy (non-hydrogen) atoms. The summed E-state index contributed by atoms with van der Waals surface area (Å²) in [5, 5.41) is 5.07. The topological polar surface area (TPSA) is 75.5 Å². The SMILES string of the molecule is O=C(c1ccn(-c2cccc(Cl)c2)n1)N1CCN(S(=O)(=O)c2cccc(Cl)c2Cl)CC1. The Balaban J connectivity index is 1.45. The van der Waals surface area contributed by atoms with Gasteiger partial charge in [-0.05, 0) is 36.4 Å². The van der Waals surface area contributed by atoms with E-state index in [0.717, 1.165) is 5.69 Å². The van der Waals surface area contributed by atoms with Gasteiger partial charge in [0.05, 0.1) is 15.7 Å². The van der Waals surface area contributed by atoms with Crippen LogP contribution < -0.4 is 0 Å². The van der Waals surface area contributed by atoms with E-state index in [1.165, 1.54) is 22.5 Å². The zero-order valence-corrected chi connectivity index (χ0v) is 19.2. The molecule has 0 saturated carbocycles. The van der Waals surface area contributed by atoms with Crippen LogP contribution in [0.4, 0.5) is 0 Å². The van der Waals surface area contributed by atoms with Gasteiger partial charge in [-0.3, -0.25) is 4.79 Å². The fourth-order valence-corrected chi connectivity index (χ4v) is 5.66. The molecule has 11 heteroatoms. The molecule has 0 bridgehead atoms. The maximum Gasteiger partial charge on any atom is 0.274 e. The first-order chi connectivity index (χ1) is 14.8. The van der Waals surface area contributed by atoms with Crippen LogP contribution in [0.15, 0.2) is 59.6 Å². The molecule has 0 atom stereocenters. The fourth-order valence-electron chi connectivity index (χ4n) is 3.32. The zero-order chi connectivity index (χ0) is 22.2. The van der Waals surface area contributed by atoms with E-state index in [2.05, 4.69) is 5.10 Å². The quantitative estimate of drug-likeness (QED) is 0.544. The number of carbonyl (C=O) groups is 1. The van der Waals surface area contributed by atoms with Crippen LogP contribution in [-0.4, -0.2) is 59.5 Å². The second-order valence-corrected chi connectivity index (χ2v) is 10.0. The minimum absolute atomic E-state index is 0.00534. The predicted molar refractivity (Wildman–Crippen MR) is 120 cm³/mol. The van der Waals surface area contributed by atoms with Crippen molar-refractivity contribution in [2.24, 2.45) is 0 Å². The first kappa shape index (κ1) is 22.1. The van der Waals surface area contributed by atoms with Crippen molar-refractivity contribution >= 4 is 50.7 Å². The smallest absolute Gasteiger partial charge is 0.274 e. The first-order valence-electron chi connectivity index (χ1n) is 9.32. The monoisotopic (exact) mass is 498 g/mol. The number of piperazine rings is 1. The van der Waals surface area contributed by atoms with Gasteiger partial charge in [0.15, 0.2) is 5.69 Å². The van der Waals surface area contributed by atoms with Crippen molar-refractivity contribution in [2.75, 3.05) is 26.2 Å². The lowest BCUT2D eigenvalue weighted by molar-refractivity contribution is 0.0691. The number of amides is 1. The maximum absolute atomic E-state index is 12.9. The van der Waals surface area contributed by atoms with Crippen LogP contribution in [-0.2, 0) is 10.0 Å². The molecule has 1 fully saturated rings. The lowest BCUT2D eigenvalue weighted by Crippen LogP contribution is -2.50. The van der Waals surface area contributed by atoms with E-state index in [9.17, 15) is 13.2 Å². The number of benzene rings is 2. The van der Waals surface area contributed by atoms with Crippen molar-refractivity contribution in [2.45, 2.75) is 4.90 Å². The van der Waals surface area contributed by atoms with E-state index in [1.807, 2.05) is 6.07 Å². The number of hydrogen-bond donors (Lipinski definition) is 0. The third-order valence-corrected chi connectivity index (χ3v) is 8.05. The molecule has 1 aliphatic heterocycles. The van der Waals surface area contributed by atoms with E-state index in [0.29, 0.717) is 5.02 Å². The number of nitrogens with zero attached hydrogens (tertiary/aromatic N) is 4. The van der Waals surface area contributed by atoms with Crippen LogP contribution >= 0.6 is 34.8 Å². The second kappa shape index (κ2) is 8.80. The van der Waals surface area contributed by atoms with Crippen molar-refractivity contribution in [3.05, 3.63) is 75.5 Å². The van der Waals surface area contributed by atoms with Gasteiger partial charge in [-0.2, -0.15) is 9.40 Å². The average Bonchev–Trinajstić information content (AvgIpc) is 3.25. The van der Waals surface area contributed by atoms with Gasteiger partial charge in [0.2, 0.25) is 10.0 Å². The molecule has 0 aliphatic carbocycles. The van der Waals surface area contributed by atoms with Gasteiger partial charge >= 0.3 is 0 Å². The second-order valence-electron chi connectivity index (χ2n) is 6.87. The van der Waals surface area contributed by atoms with Crippen molar-refractivity contribution in [3.8, 4) is 5.69 Å². The van der Waals surface area contributed by atoms with Crippen molar-refractivity contribution in [3.63, 3.8) is 0 Å². The molecule has 3 aromatic rings. The van der Waals surface area contributed by atoms with E-state index in [1.54, 1.807) is 40.0 Å². The highest BCUT2D eigenvalue weighted by atomic mass is 35.5. The summed E-state index contributed by atoms with van der Waals surface area (Å²) in [5.74, 6) is -0.265. The van der Waals surface area contributed by atoms with Crippen LogP contribution in [0.2, 0.25) is 15.1 Å². The van der Waals surface area contributed by atoms with Gasteiger partial charge in [-0.15, -0.1) is 0 Å². The summed E-state index contributed by atoms with van der Waals surface area (Å²) >= 11 is 18.1. The van der Waals surface area contributed by atoms with Crippen molar-refractivity contribution in [1.82, 2.24) is 19.0 Å². The molecule has 1 aromatic heterocycles. The zero-order valence-electron chi connectivity index (χ0n) is 16.1. The number of carbonyl (C=O) groups excluding carboxylic acids is 1. The molecule has 0 unspecified atom stereocenters. The highest BCUT2D eigenvalue weighted by molar-refractivity contribution is 7.89. The molecule has 2 aromatic carbocycles. The minimum atomic E-state index is -3.82. The normalized spacial score (nSPS) is 15.3. The highest BCUT2D eigenvalue weighted by Gasteiger charge is 2.32. The molecular formula is C20H17Cl3N4O3S. The summed E-state index contributed by atoms with van der Waals surface area (Å²) in [6, 6.07) is 13.2. The summed E-state index contributed by atoms with van der Waals surface area (Å²) in [7, 11) is -3.82. The Morgan fingerprint density at radius 3 is 2.35 bits per heavy atom. The standard InChI is InChI=1S/C20H17Cl3N4O3S/c21-14-3-1-4-15(13-14)27-8-7-17(24-27)20(28)25-9-11-26(12-10-25)31(29,30)18-6-2-5-16(22)19(18)23/h1-8,13H,9-12H2. The van der Waals surface area contributed by atoms with E-state index in [-0.39, 0.29) is 52.7 Å². The summed E-state index contributed by atoms with van der Waals surface area (Å²) in [6.07, 6.45) is 1.68. The van der Waals surface area contributed by atoms with E-state index >= 15 is 0 Å². The van der Waals surface area contributed by atoms with Crippen LogP contribution in [0.5, 0.6) is 0 Å². The Labute approximate surface area is 194 Å². The number of sulfonamides is 1. The van der Waals surface area contributed by atoms with Gasteiger partial charge in [-0.25, -0.2) is 13.1 Å². The van der Waals surface area contributed by atoms with Gasteiger partial charge in [0.1, 0.15) is 4.90 Å². The number of halogens is 3. The predicted octanol–water partition coefficient (Wildman–Crippen LogP) is 3.98. The molecule has 162 valence electrons. The first-order valence-corrected chi connectivity index (χ1v) is 11.9. The Morgan fingerprint density at radius 2 is 1.65 bits per heavy atom. The number of aromatic nitrogens is 2. The van der Waals surface area contributed by atoms with Crippen molar-refractivity contribution < 1.29 is 13.2 Å². The lowest BCUT2D eigenvalue weighted by Gasteiger charge is -2.33. The third-order valence-electron chi connectivity index (χ3n) is 4.94.